The monoisotopic (exact) mass is 248 g/mol. The number of fused-ring (bicyclic) bond motifs is 1. The van der Waals surface area contributed by atoms with Gasteiger partial charge in [-0.15, -0.1) is 0 Å². The lowest BCUT2D eigenvalue weighted by atomic mass is 10.1. The molecule has 0 atom stereocenters. The third-order valence-corrected chi connectivity index (χ3v) is 2.47. The van der Waals surface area contributed by atoms with Crippen molar-refractivity contribution in [1.82, 2.24) is 0 Å². The SMILES string of the molecule is COc1ccc2c(COC(C)=O)cc(=O)oc2c1. The second kappa shape index (κ2) is 4.91. The molecule has 2 aromatic rings. The van der Waals surface area contributed by atoms with Gasteiger partial charge < -0.3 is 13.9 Å². The smallest absolute Gasteiger partial charge is 0.336 e. The van der Waals surface area contributed by atoms with E-state index in [-0.39, 0.29) is 6.61 Å². The largest absolute Gasteiger partial charge is 0.497 e. The molecule has 18 heavy (non-hydrogen) atoms. The van der Waals surface area contributed by atoms with Gasteiger partial charge in [-0.2, -0.15) is 0 Å². The molecule has 0 unspecified atom stereocenters. The van der Waals surface area contributed by atoms with Crippen molar-refractivity contribution < 1.29 is 18.7 Å². The fraction of sp³-hybridized carbons (Fsp3) is 0.231. The van der Waals surface area contributed by atoms with Gasteiger partial charge in [-0.05, 0) is 12.1 Å². The van der Waals surface area contributed by atoms with Gasteiger partial charge in [0.25, 0.3) is 0 Å². The van der Waals surface area contributed by atoms with Gasteiger partial charge in [0.05, 0.1) is 7.11 Å². The molecule has 0 aliphatic rings. The van der Waals surface area contributed by atoms with E-state index < -0.39 is 11.6 Å². The van der Waals surface area contributed by atoms with E-state index in [1.165, 1.54) is 20.1 Å². The highest BCUT2D eigenvalue weighted by Gasteiger charge is 2.08. The Morgan fingerprint density at radius 2 is 2.11 bits per heavy atom. The minimum Gasteiger partial charge on any atom is -0.497 e. The summed E-state index contributed by atoms with van der Waals surface area (Å²) in [6.07, 6.45) is 0. The molecule has 0 fully saturated rings. The van der Waals surface area contributed by atoms with Crippen LogP contribution in [0.5, 0.6) is 5.75 Å². The first kappa shape index (κ1) is 12.2. The zero-order valence-electron chi connectivity index (χ0n) is 10.1. The summed E-state index contributed by atoms with van der Waals surface area (Å²) in [5.41, 5.74) is 0.529. The van der Waals surface area contributed by atoms with E-state index in [2.05, 4.69) is 0 Å². The maximum absolute atomic E-state index is 11.4. The molecule has 0 N–H and O–H groups in total. The molecule has 0 bridgehead atoms. The molecule has 0 spiro atoms. The van der Waals surface area contributed by atoms with Crippen molar-refractivity contribution in [1.29, 1.82) is 0 Å². The normalized spacial score (nSPS) is 10.3. The summed E-state index contributed by atoms with van der Waals surface area (Å²) in [5.74, 6) is 0.195. The molecule has 1 aromatic carbocycles. The van der Waals surface area contributed by atoms with Crippen LogP contribution in [0, 0.1) is 0 Å². The molecule has 1 aromatic heterocycles. The fourth-order valence-corrected chi connectivity index (χ4v) is 1.64. The Balaban J connectivity index is 2.51. The zero-order chi connectivity index (χ0) is 13.1. The number of methoxy groups -OCH3 is 1. The summed E-state index contributed by atoms with van der Waals surface area (Å²) in [4.78, 5) is 22.2. The summed E-state index contributed by atoms with van der Waals surface area (Å²) in [7, 11) is 1.53. The maximum Gasteiger partial charge on any atom is 0.336 e. The van der Waals surface area contributed by atoms with Crippen molar-refractivity contribution in [2.45, 2.75) is 13.5 Å². The number of benzene rings is 1. The van der Waals surface area contributed by atoms with Crippen LogP contribution in [0.15, 0.2) is 33.5 Å². The third kappa shape index (κ3) is 2.51. The lowest BCUT2D eigenvalue weighted by Gasteiger charge is -2.06. The second-order valence-electron chi connectivity index (χ2n) is 3.73. The van der Waals surface area contributed by atoms with Crippen LogP contribution >= 0.6 is 0 Å². The summed E-state index contributed by atoms with van der Waals surface area (Å²) in [6, 6.07) is 6.45. The highest BCUT2D eigenvalue weighted by molar-refractivity contribution is 5.81. The molecule has 1 heterocycles. The molecule has 0 amide bonds. The molecule has 0 saturated carbocycles. The van der Waals surface area contributed by atoms with Crippen molar-refractivity contribution in [2.75, 3.05) is 7.11 Å². The number of hydrogen-bond acceptors (Lipinski definition) is 5. The molecule has 0 aliphatic carbocycles. The van der Waals surface area contributed by atoms with Crippen LogP contribution in [0.2, 0.25) is 0 Å². The highest BCUT2D eigenvalue weighted by atomic mass is 16.5. The van der Waals surface area contributed by atoms with Crippen molar-refractivity contribution >= 4 is 16.9 Å². The molecule has 2 rings (SSSR count). The average molecular weight is 248 g/mol. The lowest BCUT2D eigenvalue weighted by Crippen LogP contribution is -2.04. The molecule has 0 saturated heterocycles. The number of esters is 1. The molecular formula is C13H12O5. The number of hydrogen-bond donors (Lipinski definition) is 0. The van der Waals surface area contributed by atoms with E-state index >= 15 is 0 Å². The van der Waals surface area contributed by atoms with Crippen LogP contribution in [-0.4, -0.2) is 13.1 Å². The number of carbonyl (C=O) groups excluding carboxylic acids is 1. The first-order chi connectivity index (χ1) is 8.60. The number of carbonyl (C=O) groups is 1. The van der Waals surface area contributed by atoms with Crippen LogP contribution in [0.1, 0.15) is 12.5 Å². The van der Waals surface area contributed by atoms with Gasteiger partial charge in [-0.3, -0.25) is 4.79 Å². The Kier molecular flexibility index (Phi) is 3.32. The van der Waals surface area contributed by atoms with Gasteiger partial charge in [0.15, 0.2) is 0 Å². The maximum atomic E-state index is 11.4. The predicted octanol–water partition coefficient (Wildman–Crippen LogP) is 1.86. The molecule has 5 heteroatoms. The Bertz CT molecular complexity index is 641. The Morgan fingerprint density at radius 1 is 1.33 bits per heavy atom. The van der Waals surface area contributed by atoms with E-state index in [4.69, 9.17) is 13.9 Å². The standard InChI is InChI=1S/C13H12O5/c1-8(14)17-7-9-5-13(15)18-12-6-10(16-2)3-4-11(9)12/h3-6H,7H2,1-2H3. The third-order valence-electron chi connectivity index (χ3n) is 2.47. The Labute approximate surface area is 103 Å². The molecule has 0 radical (unpaired) electrons. The first-order valence-corrected chi connectivity index (χ1v) is 5.34. The zero-order valence-corrected chi connectivity index (χ0v) is 10.1. The summed E-state index contributed by atoms with van der Waals surface area (Å²) in [6.45, 7) is 1.36. The van der Waals surface area contributed by atoms with Crippen molar-refractivity contribution in [2.24, 2.45) is 0 Å². The molecule has 5 nitrogen and oxygen atoms in total. The van der Waals surface area contributed by atoms with Gasteiger partial charge >= 0.3 is 11.6 Å². The van der Waals surface area contributed by atoms with Gasteiger partial charge in [0.2, 0.25) is 0 Å². The van der Waals surface area contributed by atoms with E-state index in [0.29, 0.717) is 16.9 Å². The van der Waals surface area contributed by atoms with Gasteiger partial charge in [-0.25, -0.2) is 4.79 Å². The topological polar surface area (TPSA) is 65.7 Å². The summed E-state index contributed by atoms with van der Waals surface area (Å²) >= 11 is 0. The van der Waals surface area contributed by atoms with Crippen LogP contribution in [0.25, 0.3) is 11.0 Å². The van der Waals surface area contributed by atoms with Crippen LogP contribution in [-0.2, 0) is 16.1 Å². The highest BCUT2D eigenvalue weighted by Crippen LogP contribution is 2.22. The van der Waals surface area contributed by atoms with Crippen molar-refractivity contribution in [3.05, 3.63) is 40.2 Å². The molecular weight excluding hydrogens is 236 g/mol. The summed E-state index contributed by atoms with van der Waals surface area (Å²) in [5, 5.41) is 0.719. The number of rotatable bonds is 3. The quantitative estimate of drug-likeness (QED) is 0.612. The van der Waals surface area contributed by atoms with E-state index in [9.17, 15) is 9.59 Å². The van der Waals surface area contributed by atoms with Crippen LogP contribution in [0.3, 0.4) is 0 Å². The van der Waals surface area contributed by atoms with Crippen LogP contribution in [0.4, 0.5) is 0 Å². The minimum absolute atomic E-state index is 0.0454. The Hall–Kier alpha value is -2.30. The first-order valence-electron chi connectivity index (χ1n) is 5.34. The predicted molar refractivity (Wildman–Crippen MR) is 64.5 cm³/mol. The molecule has 94 valence electrons. The summed E-state index contributed by atoms with van der Waals surface area (Å²) < 4.78 is 15.0. The second-order valence-corrected chi connectivity index (χ2v) is 3.73. The van der Waals surface area contributed by atoms with Gasteiger partial charge in [-0.1, -0.05) is 0 Å². The van der Waals surface area contributed by atoms with E-state index in [1.807, 2.05) is 0 Å². The molecule has 0 aliphatic heterocycles. The van der Waals surface area contributed by atoms with E-state index in [0.717, 1.165) is 5.39 Å². The fourth-order valence-electron chi connectivity index (χ4n) is 1.64. The van der Waals surface area contributed by atoms with E-state index in [1.54, 1.807) is 18.2 Å². The lowest BCUT2D eigenvalue weighted by molar-refractivity contribution is -0.142. The average Bonchev–Trinajstić information content (AvgIpc) is 2.34. The van der Waals surface area contributed by atoms with Crippen molar-refractivity contribution in [3.8, 4) is 5.75 Å². The minimum atomic E-state index is -0.488. The van der Waals surface area contributed by atoms with Crippen LogP contribution < -0.4 is 10.4 Å². The Morgan fingerprint density at radius 3 is 2.78 bits per heavy atom. The number of ether oxygens (including phenoxy) is 2. The van der Waals surface area contributed by atoms with Gasteiger partial charge in [0.1, 0.15) is 17.9 Å². The van der Waals surface area contributed by atoms with Gasteiger partial charge in [0, 0.05) is 30.0 Å². The van der Waals surface area contributed by atoms with Crippen molar-refractivity contribution in [3.63, 3.8) is 0 Å².